The molecule has 1 aliphatic heterocycles. The maximum Gasteiger partial charge on any atom is 0.138 e. The largest absolute Gasteiger partial charge is 0.307 e. The first-order valence-corrected chi connectivity index (χ1v) is 7.43. The second-order valence-corrected chi connectivity index (χ2v) is 6.36. The number of halogens is 1. The molecule has 1 atom stereocenters. The molecule has 2 nitrogen and oxygen atoms in total. The number of nitrogens with zero attached hydrogens (tertiary/aromatic N) is 2. The zero-order chi connectivity index (χ0) is 11.0. The van der Waals surface area contributed by atoms with Crippen LogP contribution in [0.2, 0.25) is 0 Å². The summed E-state index contributed by atoms with van der Waals surface area (Å²) in [7, 11) is 0. The number of hydrogen-bond acceptors (Lipinski definition) is 2. The Hall–Kier alpha value is -0.480. The summed E-state index contributed by atoms with van der Waals surface area (Å²) in [5.41, 5.74) is 2.28. The first kappa shape index (κ1) is 10.7. The molecule has 1 fully saturated rings. The van der Waals surface area contributed by atoms with Crippen LogP contribution in [0.15, 0.2) is 29.0 Å². The number of aromatic nitrogens is 2. The monoisotopic (exact) mass is 296 g/mol. The van der Waals surface area contributed by atoms with E-state index >= 15 is 0 Å². The van der Waals surface area contributed by atoms with Crippen molar-refractivity contribution in [3.8, 4) is 0 Å². The van der Waals surface area contributed by atoms with Gasteiger partial charge in [0.2, 0.25) is 0 Å². The van der Waals surface area contributed by atoms with Crippen LogP contribution in [0.25, 0.3) is 5.65 Å². The maximum atomic E-state index is 4.71. The van der Waals surface area contributed by atoms with Crippen molar-refractivity contribution in [3.63, 3.8) is 0 Å². The van der Waals surface area contributed by atoms with Crippen LogP contribution in [-0.4, -0.2) is 15.1 Å². The van der Waals surface area contributed by atoms with Gasteiger partial charge in [-0.15, -0.1) is 0 Å². The molecule has 0 aliphatic carbocycles. The molecule has 4 heteroatoms. The Morgan fingerprint density at radius 1 is 1.44 bits per heavy atom. The summed E-state index contributed by atoms with van der Waals surface area (Å²) < 4.78 is 3.20. The van der Waals surface area contributed by atoms with E-state index in [4.69, 9.17) is 4.98 Å². The third kappa shape index (κ3) is 2.00. The summed E-state index contributed by atoms with van der Waals surface area (Å²) in [5.74, 6) is 1.28. The molecule has 2 aromatic rings. The number of hydrogen-bond donors (Lipinski definition) is 0. The van der Waals surface area contributed by atoms with E-state index in [1.807, 2.05) is 17.8 Å². The summed E-state index contributed by atoms with van der Waals surface area (Å²) in [6, 6.07) is 4.11. The standard InChI is InChI=1S/C12H13BrN2S/c13-9-4-5-15-8-10(14-12(15)7-9)11-3-1-2-6-16-11/h4-5,7-8,11H,1-3,6H2. The Morgan fingerprint density at radius 3 is 3.19 bits per heavy atom. The lowest BCUT2D eigenvalue weighted by atomic mass is 10.1. The van der Waals surface area contributed by atoms with Crippen LogP contribution in [0.1, 0.15) is 30.2 Å². The van der Waals surface area contributed by atoms with Crippen molar-refractivity contribution >= 4 is 33.3 Å². The Balaban J connectivity index is 1.97. The minimum absolute atomic E-state index is 0.604. The molecule has 0 radical (unpaired) electrons. The zero-order valence-corrected chi connectivity index (χ0v) is 11.3. The topological polar surface area (TPSA) is 17.3 Å². The zero-order valence-electron chi connectivity index (χ0n) is 8.90. The highest BCUT2D eigenvalue weighted by molar-refractivity contribution is 9.10. The molecule has 1 saturated heterocycles. The summed E-state index contributed by atoms with van der Waals surface area (Å²) in [4.78, 5) is 4.71. The Kier molecular flexibility index (Phi) is 2.94. The number of thioether (sulfide) groups is 1. The van der Waals surface area contributed by atoms with Crippen LogP contribution >= 0.6 is 27.7 Å². The molecule has 0 amide bonds. The molecule has 0 N–H and O–H groups in total. The van der Waals surface area contributed by atoms with Gasteiger partial charge in [0, 0.05) is 22.1 Å². The quantitative estimate of drug-likeness (QED) is 0.790. The molecule has 3 rings (SSSR count). The van der Waals surface area contributed by atoms with Crippen LogP contribution in [0.4, 0.5) is 0 Å². The van der Waals surface area contributed by atoms with Crippen molar-refractivity contribution < 1.29 is 0 Å². The van der Waals surface area contributed by atoms with Gasteiger partial charge in [-0.25, -0.2) is 4.98 Å². The van der Waals surface area contributed by atoms with Crippen molar-refractivity contribution in [2.75, 3.05) is 5.75 Å². The minimum Gasteiger partial charge on any atom is -0.307 e. The van der Waals surface area contributed by atoms with Crippen molar-refractivity contribution in [3.05, 3.63) is 34.7 Å². The van der Waals surface area contributed by atoms with Crippen LogP contribution in [0.5, 0.6) is 0 Å². The second kappa shape index (κ2) is 4.41. The summed E-state index contributed by atoms with van der Waals surface area (Å²) in [6.45, 7) is 0. The van der Waals surface area contributed by atoms with Gasteiger partial charge in [0.15, 0.2) is 0 Å². The molecular weight excluding hydrogens is 284 g/mol. The molecule has 0 saturated carbocycles. The normalized spacial score (nSPS) is 21.4. The predicted octanol–water partition coefficient (Wildman–Crippen LogP) is 4.06. The fourth-order valence-electron chi connectivity index (χ4n) is 2.11. The van der Waals surface area contributed by atoms with E-state index in [1.165, 1.54) is 30.7 Å². The highest BCUT2D eigenvalue weighted by atomic mass is 79.9. The van der Waals surface area contributed by atoms with Gasteiger partial charge in [0.05, 0.1) is 5.69 Å². The highest BCUT2D eigenvalue weighted by Crippen LogP contribution is 2.37. The third-order valence-corrected chi connectivity index (χ3v) is 4.85. The molecular formula is C12H13BrN2S. The lowest BCUT2D eigenvalue weighted by Crippen LogP contribution is -2.02. The van der Waals surface area contributed by atoms with Gasteiger partial charge in [-0.3, -0.25) is 0 Å². The number of rotatable bonds is 1. The maximum absolute atomic E-state index is 4.71. The van der Waals surface area contributed by atoms with Gasteiger partial charge in [-0.1, -0.05) is 22.4 Å². The molecule has 0 aromatic carbocycles. The van der Waals surface area contributed by atoms with E-state index in [-0.39, 0.29) is 0 Å². The highest BCUT2D eigenvalue weighted by Gasteiger charge is 2.18. The lowest BCUT2D eigenvalue weighted by Gasteiger charge is -2.18. The van der Waals surface area contributed by atoms with Crippen LogP contribution in [0.3, 0.4) is 0 Å². The van der Waals surface area contributed by atoms with Crippen molar-refractivity contribution in [1.82, 2.24) is 9.38 Å². The van der Waals surface area contributed by atoms with E-state index in [0.717, 1.165) is 10.1 Å². The molecule has 1 aliphatic rings. The van der Waals surface area contributed by atoms with Gasteiger partial charge >= 0.3 is 0 Å². The minimum atomic E-state index is 0.604. The number of imidazole rings is 1. The van der Waals surface area contributed by atoms with E-state index in [2.05, 4.69) is 38.8 Å². The SMILES string of the molecule is Brc1ccn2cc(C3CCCCS3)nc2c1. The van der Waals surface area contributed by atoms with Crippen molar-refractivity contribution in [2.45, 2.75) is 24.5 Å². The van der Waals surface area contributed by atoms with Gasteiger partial charge in [0.1, 0.15) is 5.65 Å². The summed E-state index contributed by atoms with van der Waals surface area (Å²) >= 11 is 5.53. The first-order valence-electron chi connectivity index (χ1n) is 5.59. The number of pyridine rings is 1. The average Bonchev–Trinajstić information content (AvgIpc) is 2.73. The average molecular weight is 297 g/mol. The summed E-state index contributed by atoms with van der Waals surface area (Å²) in [6.07, 6.45) is 8.21. The third-order valence-electron chi connectivity index (χ3n) is 2.95. The van der Waals surface area contributed by atoms with E-state index in [0.29, 0.717) is 5.25 Å². The van der Waals surface area contributed by atoms with Crippen LogP contribution in [-0.2, 0) is 0 Å². The van der Waals surface area contributed by atoms with Crippen LogP contribution in [0, 0.1) is 0 Å². The van der Waals surface area contributed by atoms with E-state index in [1.54, 1.807) is 0 Å². The number of fused-ring (bicyclic) bond motifs is 1. The Morgan fingerprint density at radius 2 is 2.38 bits per heavy atom. The molecule has 1 unspecified atom stereocenters. The Labute approximate surface area is 108 Å². The molecule has 2 aromatic heterocycles. The smallest absolute Gasteiger partial charge is 0.138 e. The Bertz CT molecular complexity index is 503. The van der Waals surface area contributed by atoms with Crippen LogP contribution < -0.4 is 0 Å². The lowest BCUT2D eigenvalue weighted by molar-refractivity contribution is 0.678. The predicted molar refractivity (Wildman–Crippen MR) is 71.9 cm³/mol. The molecule has 84 valence electrons. The fourth-order valence-corrected chi connectivity index (χ4v) is 3.70. The van der Waals surface area contributed by atoms with Gasteiger partial charge in [-0.05, 0) is 30.7 Å². The van der Waals surface area contributed by atoms with E-state index in [9.17, 15) is 0 Å². The summed E-state index contributed by atoms with van der Waals surface area (Å²) in [5, 5.41) is 0.604. The van der Waals surface area contributed by atoms with Crippen molar-refractivity contribution in [2.24, 2.45) is 0 Å². The van der Waals surface area contributed by atoms with Gasteiger partial charge < -0.3 is 4.40 Å². The van der Waals surface area contributed by atoms with Gasteiger partial charge in [0.25, 0.3) is 0 Å². The molecule has 0 spiro atoms. The second-order valence-electron chi connectivity index (χ2n) is 4.13. The fraction of sp³-hybridized carbons (Fsp3) is 0.417. The molecule has 16 heavy (non-hydrogen) atoms. The van der Waals surface area contributed by atoms with E-state index < -0.39 is 0 Å². The van der Waals surface area contributed by atoms with Crippen molar-refractivity contribution in [1.29, 1.82) is 0 Å². The molecule has 0 bridgehead atoms. The molecule has 3 heterocycles. The first-order chi connectivity index (χ1) is 7.83. The van der Waals surface area contributed by atoms with Gasteiger partial charge in [-0.2, -0.15) is 11.8 Å².